The molecule has 0 saturated carbocycles. The molecule has 0 heterocycles. The zero-order valence-electron chi connectivity index (χ0n) is 23.4. The fourth-order valence-corrected chi connectivity index (χ4v) is 3.90. The van der Waals surface area contributed by atoms with Gasteiger partial charge < -0.3 is 9.59 Å². The number of allylic oxidation sites excluding steroid dienone is 4. The third-order valence-electron chi connectivity index (χ3n) is 5.85. The third-order valence-corrected chi connectivity index (χ3v) is 5.85. The van der Waals surface area contributed by atoms with Crippen molar-refractivity contribution < 1.29 is 76.4 Å². The molecule has 0 unspecified atom stereocenters. The fraction of sp³-hybridized carbons (Fsp3) is 0.0882. The number of hydrogen-bond donors (Lipinski definition) is 0. The van der Waals surface area contributed by atoms with Crippen LogP contribution in [0.15, 0.2) is 131 Å². The summed E-state index contributed by atoms with van der Waals surface area (Å²) in [5.74, 6) is 0.302. The van der Waals surface area contributed by atoms with Gasteiger partial charge in [-0.2, -0.15) is 11.1 Å². The van der Waals surface area contributed by atoms with Crippen LogP contribution in [0.4, 0.5) is 11.4 Å². The second-order valence-electron chi connectivity index (χ2n) is 8.71. The number of ketones is 2. The number of benzene rings is 4. The van der Waals surface area contributed by atoms with Crippen molar-refractivity contribution >= 4 is 39.8 Å². The summed E-state index contributed by atoms with van der Waals surface area (Å²) in [4.78, 5) is 37.0. The van der Waals surface area contributed by atoms with Gasteiger partial charge in [-0.05, 0) is 48.0 Å². The van der Waals surface area contributed by atoms with Gasteiger partial charge in [0.1, 0.15) is 11.5 Å². The van der Waals surface area contributed by atoms with Gasteiger partial charge in [0.05, 0.1) is 11.5 Å². The maximum absolute atomic E-state index is 11.9. The predicted molar refractivity (Wildman–Crippen MR) is 157 cm³/mol. The van der Waals surface area contributed by atoms with E-state index in [1.54, 1.807) is 24.3 Å². The number of para-hydroxylation sites is 1. The first-order valence-electron chi connectivity index (χ1n) is 12.5. The van der Waals surface area contributed by atoms with Crippen LogP contribution in [-0.2, 0) is 75.0 Å². The molecule has 0 N–H and O–H groups in total. The maximum atomic E-state index is 11.9. The molecule has 0 amide bonds. The number of nitrogens with zero attached hydrogens (tertiary/aromatic N) is 2. The van der Waals surface area contributed by atoms with Gasteiger partial charge in [-0.25, -0.2) is 5.57 Å². The van der Waals surface area contributed by atoms with Crippen LogP contribution in [0.2, 0.25) is 0 Å². The van der Waals surface area contributed by atoms with Gasteiger partial charge in [-0.15, -0.1) is 40.8 Å². The molecular weight excluding hydrogens is 662 g/mol. The molecule has 0 atom stereocenters. The van der Waals surface area contributed by atoms with Gasteiger partial charge in [-0.1, -0.05) is 79.2 Å². The molecular formula is C34H27N2O3Y2-. The molecule has 4 aromatic rings. The van der Waals surface area contributed by atoms with E-state index in [0.717, 1.165) is 28.0 Å². The van der Waals surface area contributed by atoms with E-state index in [-0.39, 0.29) is 78.4 Å². The first-order valence-corrected chi connectivity index (χ1v) is 12.5. The minimum Gasteiger partial charge on any atom is -0.368 e. The Morgan fingerprint density at radius 3 is 1.49 bits per heavy atom. The Kier molecular flexibility index (Phi) is 15.6. The summed E-state index contributed by atoms with van der Waals surface area (Å²) in [6.45, 7) is 0. The predicted octanol–water partition coefficient (Wildman–Crippen LogP) is 8.05. The number of carbonyl (C=O) groups excluding carboxylic acids is 2. The Bertz CT molecular complexity index is 1510. The van der Waals surface area contributed by atoms with E-state index in [1.165, 1.54) is 0 Å². The molecule has 0 saturated heterocycles. The van der Waals surface area contributed by atoms with Crippen LogP contribution >= 0.6 is 0 Å². The van der Waals surface area contributed by atoms with Gasteiger partial charge >= 0.3 is 1.43 Å². The summed E-state index contributed by atoms with van der Waals surface area (Å²) in [5, 5.41) is 2.72. The molecule has 41 heavy (non-hydrogen) atoms. The van der Waals surface area contributed by atoms with Crippen LogP contribution in [0.25, 0.3) is 11.1 Å². The van der Waals surface area contributed by atoms with Crippen LogP contribution in [0.3, 0.4) is 0 Å². The molecule has 0 fully saturated rings. The number of rotatable bonds is 4. The van der Waals surface area contributed by atoms with Crippen molar-refractivity contribution in [1.82, 2.24) is 0 Å². The van der Waals surface area contributed by atoms with E-state index in [1.807, 2.05) is 97.1 Å². The van der Waals surface area contributed by atoms with Crippen molar-refractivity contribution in [3.8, 4) is 0 Å². The van der Waals surface area contributed by atoms with E-state index >= 15 is 0 Å². The minimum atomic E-state index is 0. The zero-order valence-corrected chi connectivity index (χ0v) is 28.1. The molecule has 2 aliphatic carbocycles. The van der Waals surface area contributed by atoms with Crippen molar-refractivity contribution in [2.75, 3.05) is 0 Å². The van der Waals surface area contributed by atoms with Crippen molar-refractivity contribution in [1.29, 1.82) is 0 Å². The van der Waals surface area contributed by atoms with E-state index < -0.39 is 0 Å². The Balaban J connectivity index is 0.000000332. The Hall–Kier alpha value is -2.82. The van der Waals surface area contributed by atoms with E-state index in [4.69, 9.17) is 0 Å². The van der Waals surface area contributed by atoms with Crippen LogP contribution in [0, 0.1) is 17.1 Å². The molecule has 6 rings (SSSR count). The first-order chi connectivity index (χ1) is 19.1. The second kappa shape index (κ2) is 18.6. The molecule has 5 nitrogen and oxygen atoms in total. The third kappa shape index (κ3) is 11.2. The van der Waals surface area contributed by atoms with Gasteiger partial charge in [0.25, 0.3) is 0 Å². The van der Waals surface area contributed by atoms with Crippen LogP contribution in [0.5, 0.6) is 0 Å². The number of hydrogen-bond acceptors (Lipinski definition) is 5. The maximum Gasteiger partial charge on any atom is 1.00 e. The SMILES string of the molecule is O=C1CC(c2ccccc2)=[C-]C1=Nc1ccccc1.O=C1C[C-]=C(c2ccccc2)C1.O=Nc1ccccc1.[H+].[Y].[Y]. The molecule has 0 aromatic heterocycles. The number of aliphatic imine (C=N–C) groups is 1. The van der Waals surface area contributed by atoms with Gasteiger partial charge in [0.2, 0.25) is 0 Å². The number of Topliss-reactive ketones (excluding diaryl/α,β-unsaturated/α-hetero) is 2. The van der Waals surface area contributed by atoms with Crippen molar-refractivity contribution in [3.05, 3.63) is 150 Å². The van der Waals surface area contributed by atoms with Gasteiger partial charge in [0.15, 0.2) is 0 Å². The quantitative estimate of drug-likeness (QED) is 0.161. The molecule has 4 aromatic carbocycles. The van der Waals surface area contributed by atoms with E-state index in [2.05, 4.69) is 22.3 Å². The van der Waals surface area contributed by atoms with Crippen LogP contribution in [0.1, 0.15) is 31.8 Å². The minimum absolute atomic E-state index is 0. The normalized spacial score (nSPS) is 14.2. The first kappa shape index (κ1) is 34.4. The van der Waals surface area contributed by atoms with E-state index in [9.17, 15) is 14.5 Å². The van der Waals surface area contributed by atoms with Crippen LogP contribution < -0.4 is 0 Å². The largest absolute Gasteiger partial charge is 1.00 e. The standard InChI is InChI=1S/C17H12NO.C11H9O.C6H5NO.2Y/c19-17-12-14(13-7-3-1-4-8-13)11-16(17)18-15-9-5-2-6-10-15;12-11-7-6-10(8-11)9-4-2-1-3-5-9;8-7-6-4-2-1-3-5-6;;/h1-10H,12H2;1-5H,7-8H2;1-5H;;/q2*-1;;;/p+1. The van der Waals surface area contributed by atoms with Crippen molar-refractivity contribution in [2.45, 2.75) is 19.3 Å². The van der Waals surface area contributed by atoms with E-state index in [0.29, 0.717) is 30.7 Å². The fourth-order valence-electron chi connectivity index (χ4n) is 3.90. The Morgan fingerprint density at radius 2 is 1.05 bits per heavy atom. The molecule has 0 bridgehead atoms. The Morgan fingerprint density at radius 1 is 0.585 bits per heavy atom. The summed E-state index contributed by atoms with van der Waals surface area (Å²) in [6, 6.07) is 38.0. The van der Waals surface area contributed by atoms with Gasteiger partial charge in [0, 0.05) is 65.4 Å². The average Bonchev–Trinajstić information content (AvgIpc) is 3.61. The average molecular weight is 689 g/mol. The monoisotopic (exact) mass is 689 g/mol. The molecule has 2 aliphatic rings. The number of carbonyl (C=O) groups is 2. The summed E-state index contributed by atoms with van der Waals surface area (Å²) < 4.78 is 0. The van der Waals surface area contributed by atoms with Crippen LogP contribution in [-0.4, -0.2) is 17.3 Å². The Labute approximate surface area is 292 Å². The van der Waals surface area contributed by atoms with Gasteiger partial charge in [-0.3, -0.25) is 11.1 Å². The molecule has 7 heteroatoms. The molecule has 0 spiro atoms. The van der Waals surface area contributed by atoms with Crippen molar-refractivity contribution in [3.63, 3.8) is 0 Å². The molecule has 0 aliphatic heterocycles. The summed E-state index contributed by atoms with van der Waals surface area (Å²) in [5.41, 5.74) is 5.82. The smallest absolute Gasteiger partial charge is 0.368 e. The summed E-state index contributed by atoms with van der Waals surface area (Å²) >= 11 is 0. The number of nitroso groups, excluding NO2 is 1. The second-order valence-corrected chi connectivity index (χ2v) is 8.71. The van der Waals surface area contributed by atoms with Crippen molar-refractivity contribution in [2.24, 2.45) is 10.2 Å². The topological polar surface area (TPSA) is 75.9 Å². The molecule has 198 valence electrons. The summed E-state index contributed by atoms with van der Waals surface area (Å²) in [7, 11) is 0. The molecule has 2 radical (unpaired) electrons. The zero-order chi connectivity index (χ0) is 27.3. The summed E-state index contributed by atoms with van der Waals surface area (Å²) in [6.07, 6.45) is 7.65.